The normalized spacial score (nSPS) is 16.5. The number of imidazole rings is 1. The third kappa shape index (κ3) is 4.56. The monoisotopic (exact) mass is 488 g/mol. The van der Waals surface area contributed by atoms with Gasteiger partial charge in [-0.05, 0) is 65.0 Å². The van der Waals surface area contributed by atoms with E-state index in [1.54, 1.807) is 35.8 Å². The van der Waals surface area contributed by atoms with Gasteiger partial charge in [0, 0.05) is 24.5 Å². The largest absolute Gasteiger partial charge is 0.328 e. The van der Waals surface area contributed by atoms with Gasteiger partial charge in [0.15, 0.2) is 0 Å². The lowest BCUT2D eigenvalue weighted by atomic mass is 10.0. The Kier molecular flexibility index (Phi) is 6.44. The van der Waals surface area contributed by atoms with Crippen LogP contribution in [0.1, 0.15) is 44.2 Å². The molecular formula is C26H29FN8O. The van der Waals surface area contributed by atoms with Crippen molar-refractivity contribution in [3.05, 3.63) is 60.5 Å². The molecule has 1 aliphatic rings. The number of nitrogens with zero attached hydrogens (tertiary/aromatic N) is 8. The molecule has 5 heterocycles. The van der Waals surface area contributed by atoms with E-state index in [4.69, 9.17) is 0 Å². The van der Waals surface area contributed by atoms with Crippen LogP contribution in [-0.4, -0.2) is 67.0 Å². The first-order valence-corrected chi connectivity index (χ1v) is 12.1. The molecule has 1 unspecified atom stereocenters. The molecule has 0 bridgehead atoms. The molecule has 1 atom stereocenters. The highest BCUT2D eigenvalue weighted by Gasteiger charge is 2.31. The van der Waals surface area contributed by atoms with Crippen LogP contribution in [0.4, 0.5) is 10.1 Å². The molecule has 1 fully saturated rings. The summed E-state index contributed by atoms with van der Waals surface area (Å²) in [4.78, 5) is 38.4. The Morgan fingerprint density at radius 1 is 1.11 bits per heavy atom. The summed E-state index contributed by atoms with van der Waals surface area (Å²) in [5.74, 6) is 0.0320. The van der Waals surface area contributed by atoms with Crippen LogP contribution in [0.2, 0.25) is 0 Å². The van der Waals surface area contributed by atoms with Gasteiger partial charge in [-0.1, -0.05) is 0 Å². The van der Waals surface area contributed by atoms with Gasteiger partial charge in [-0.25, -0.2) is 19.9 Å². The van der Waals surface area contributed by atoms with E-state index in [1.807, 2.05) is 49.5 Å². The van der Waals surface area contributed by atoms with Gasteiger partial charge >= 0.3 is 0 Å². The molecule has 186 valence electrons. The molecule has 0 N–H and O–H groups in total. The van der Waals surface area contributed by atoms with Crippen LogP contribution in [0.3, 0.4) is 0 Å². The molecule has 4 aromatic rings. The average molecular weight is 489 g/mol. The Bertz CT molecular complexity index is 1400. The minimum Gasteiger partial charge on any atom is -0.328 e. The fourth-order valence-corrected chi connectivity index (χ4v) is 4.60. The van der Waals surface area contributed by atoms with E-state index in [-0.39, 0.29) is 23.5 Å². The van der Waals surface area contributed by atoms with E-state index in [1.165, 1.54) is 0 Å². The van der Waals surface area contributed by atoms with Crippen molar-refractivity contribution in [1.29, 1.82) is 0 Å². The quantitative estimate of drug-likeness (QED) is 0.383. The number of piperidine rings is 1. The van der Waals surface area contributed by atoms with Gasteiger partial charge in [0.25, 0.3) is 0 Å². The van der Waals surface area contributed by atoms with Crippen LogP contribution in [0, 0.1) is 5.95 Å². The zero-order valence-corrected chi connectivity index (χ0v) is 20.9. The predicted octanol–water partition coefficient (Wildman–Crippen LogP) is 3.65. The first-order valence-electron chi connectivity index (χ1n) is 12.1. The van der Waals surface area contributed by atoms with E-state index in [0.29, 0.717) is 35.7 Å². The van der Waals surface area contributed by atoms with Gasteiger partial charge < -0.3 is 9.47 Å². The molecule has 1 saturated heterocycles. The van der Waals surface area contributed by atoms with Gasteiger partial charge in [-0.2, -0.15) is 4.39 Å². The molecule has 10 heteroatoms. The zero-order valence-electron chi connectivity index (χ0n) is 20.9. The predicted molar refractivity (Wildman–Crippen MR) is 135 cm³/mol. The molecule has 1 aliphatic heterocycles. The lowest BCUT2D eigenvalue weighted by molar-refractivity contribution is -0.124. The molecule has 0 aliphatic carbocycles. The van der Waals surface area contributed by atoms with E-state index < -0.39 is 5.95 Å². The Hall–Kier alpha value is -3.79. The van der Waals surface area contributed by atoms with Crippen LogP contribution in [0.5, 0.6) is 0 Å². The maximum atomic E-state index is 14.7. The number of hydrogen-bond acceptors (Lipinski definition) is 7. The van der Waals surface area contributed by atoms with Gasteiger partial charge in [-0.3, -0.25) is 14.7 Å². The number of rotatable bonds is 6. The lowest BCUT2D eigenvalue weighted by Crippen LogP contribution is -2.50. The van der Waals surface area contributed by atoms with Gasteiger partial charge in [0.05, 0.1) is 47.6 Å². The van der Waals surface area contributed by atoms with Crippen molar-refractivity contribution in [3.63, 3.8) is 0 Å². The first-order chi connectivity index (χ1) is 17.3. The standard InChI is InChI=1S/C26H29FN8O/c1-16(2)35-15-30-24-22(35)13-20(32-25(24)27)19-9-10-28-23(31-19)12-17-7-8-18(14-29-17)34-11-5-6-21(26(34)36)33(3)4/h7-10,13-16,21H,5-6,11-12H2,1-4H3. The Morgan fingerprint density at radius 2 is 1.94 bits per heavy atom. The summed E-state index contributed by atoms with van der Waals surface area (Å²) in [7, 11) is 3.87. The summed E-state index contributed by atoms with van der Waals surface area (Å²) in [5.41, 5.74) is 3.44. The second-order valence-corrected chi connectivity index (χ2v) is 9.57. The number of carbonyl (C=O) groups excluding carboxylic acids is 1. The van der Waals surface area contributed by atoms with Crippen LogP contribution >= 0.6 is 0 Å². The van der Waals surface area contributed by atoms with Crippen LogP contribution in [0.15, 0.2) is 43.0 Å². The number of hydrogen-bond donors (Lipinski definition) is 0. The number of halogens is 1. The topological polar surface area (TPSA) is 92.9 Å². The summed E-state index contributed by atoms with van der Waals surface area (Å²) in [5, 5.41) is 0. The summed E-state index contributed by atoms with van der Waals surface area (Å²) in [6.07, 6.45) is 7.22. The number of aromatic nitrogens is 6. The number of anilines is 1. The van der Waals surface area contributed by atoms with E-state index >= 15 is 0 Å². The number of pyridine rings is 2. The molecular weight excluding hydrogens is 459 g/mol. The lowest BCUT2D eigenvalue weighted by Gasteiger charge is -2.35. The maximum Gasteiger partial charge on any atom is 0.244 e. The summed E-state index contributed by atoms with van der Waals surface area (Å²) >= 11 is 0. The smallest absolute Gasteiger partial charge is 0.244 e. The van der Waals surface area contributed by atoms with Crippen LogP contribution < -0.4 is 4.90 Å². The Balaban J connectivity index is 1.37. The molecule has 0 aromatic carbocycles. The van der Waals surface area contributed by atoms with E-state index in [9.17, 15) is 9.18 Å². The van der Waals surface area contributed by atoms with Crippen molar-refractivity contribution in [2.45, 2.75) is 45.2 Å². The van der Waals surface area contributed by atoms with Crippen molar-refractivity contribution in [2.75, 3.05) is 25.5 Å². The van der Waals surface area contributed by atoms with Gasteiger partial charge in [0.2, 0.25) is 11.9 Å². The minimum atomic E-state index is -0.622. The molecule has 1 amide bonds. The van der Waals surface area contributed by atoms with Crippen LogP contribution in [0.25, 0.3) is 22.4 Å². The van der Waals surface area contributed by atoms with Crippen molar-refractivity contribution < 1.29 is 9.18 Å². The Labute approximate surface area is 209 Å². The minimum absolute atomic E-state index is 0.104. The number of carbonyl (C=O) groups is 1. The van der Waals surface area contributed by atoms with Crippen molar-refractivity contribution in [1.82, 2.24) is 34.4 Å². The fraction of sp³-hybridized carbons (Fsp3) is 0.385. The highest BCUT2D eigenvalue weighted by Crippen LogP contribution is 2.25. The van der Waals surface area contributed by atoms with Crippen LogP contribution in [-0.2, 0) is 11.2 Å². The molecule has 4 aromatic heterocycles. The molecule has 5 rings (SSSR count). The van der Waals surface area contributed by atoms with E-state index in [0.717, 1.165) is 24.2 Å². The molecule has 0 radical (unpaired) electrons. The molecule has 36 heavy (non-hydrogen) atoms. The van der Waals surface area contributed by atoms with Crippen molar-refractivity contribution >= 4 is 22.6 Å². The highest BCUT2D eigenvalue weighted by molar-refractivity contribution is 5.97. The van der Waals surface area contributed by atoms with Gasteiger partial charge in [-0.15, -0.1) is 0 Å². The molecule has 9 nitrogen and oxygen atoms in total. The number of amides is 1. The summed E-state index contributed by atoms with van der Waals surface area (Å²) in [6, 6.07) is 7.36. The summed E-state index contributed by atoms with van der Waals surface area (Å²) in [6.45, 7) is 4.73. The number of fused-ring (bicyclic) bond motifs is 1. The maximum absolute atomic E-state index is 14.7. The third-order valence-corrected chi connectivity index (χ3v) is 6.54. The molecule has 0 saturated carbocycles. The SMILES string of the molecule is CC(C)n1cnc2c(F)nc(-c3ccnc(Cc4ccc(N5CCCC(N(C)C)C5=O)cn4)n3)cc21. The first kappa shape index (κ1) is 23.9. The highest BCUT2D eigenvalue weighted by atomic mass is 19.1. The van der Waals surface area contributed by atoms with Gasteiger partial charge in [0.1, 0.15) is 11.3 Å². The zero-order chi connectivity index (χ0) is 25.4. The molecule has 0 spiro atoms. The third-order valence-electron chi connectivity index (χ3n) is 6.54. The van der Waals surface area contributed by atoms with Crippen molar-refractivity contribution in [2.24, 2.45) is 0 Å². The summed E-state index contributed by atoms with van der Waals surface area (Å²) < 4.78 is 16.6. The fourth-order valence-electron chi connectivity index (χ4n) is 4.60. The average Bonchev–Trinajstić information content (AvgIpc) is 3.30. The second-order valence-electron chi connectivity index (χ2n) is 9.57. The Morgan fingerprint density at radius 3 is 2.67 bits per heavy atom. The van der Waals surface area contributed by atoms with Crippen molar-refractivity contribution in [3.8, 4) is 11.4 Å². The number of likely N-dealkylation sites (N-methyl/N-ethyl adjacent to an activating group) is 1. The second kappa shape index (κ2) is 9.69. The van der Waals surface area contributed by atoms with E-state index in [2.05, 4.69) is 24.9 Å².